The van der Waals surface area contributed by atoms with Crippen LogP contribution < -0.4 is 20.7 Å². The molecule has 0 spiro atoms. The molecule has 4 rings (SSSR count). The first-order valence-corrected chi connectivity index (χ1v) is 10.4. The van der Waals surface area contributed by atoms with Gasteiger partial charge in [0.1, 0.15) is 5.75 Å². The van der Waals surface area contributed by atoms with Gasteiger partial charge in [0.15, 0.2) is 6.61 Å². The van der Waals surface area contributed by atoms with Gasteiger partial charge in [0.25, 0.3) is 11.8 Å². The first-order chi connectivity index (χ1) is 15.1. The molecule has 1 atom stereocenters. The topological polar surface area (TPSA) is 106 Å². The Kier molecular flexibility index (Phi) is 6.47. The van der Waals surface area contributed by atoms with E-state index in [4.69, 9.17) is 9.47 Å². The van der Waals surface area contributed by atoms with Crippen molar-refractivity contribution in [2.75, 3.05) is 30.4 Å². The van der Waals surface area contributed by atoms with Crippen LogP contribution in [0.1, 0.15) is 35.2 Å². The molecule has 1 unspecified atom stereocenters. The van der Waals surface area contributed by atoms with Gasteiger partial charge in [-0.05, 0) is 55.2 Å². The van der Waals surface area contributed by atoms with Crippen molar-refractivity contribution in [3.05, 3.63) is 53.6 Å². The molecule has 3 amide bonds. The van der Waals surface area contributed by atoms with Gasteiger partial charge in [0.2, 0.25) is 5.91 Å². The Morgan fingerprint density at radius 2 is 2.03 bits per heavy atom. The van der Waals surface area contributed by atoms with E-state index in [9.17, 15) is 14.4 Å². The molecule has 2 aliphatic rings. The lowest BCUT2D eigenvalue weighted by Crippen LogP contribution is -2.32. The summed E-state index contributed by atoms with van der Waals surface area (Å²) in [6, 6.07) is 12.2. The van der Waals surface area contributed by atoms with Crippen LogP contribution >= 0.6 is 0 Å². The Morgan fingerprint density at radius 3 is 2.87 bits per heavy atom. The maximum Gasteiger partial charge on any atom is 0.262 e. The largest absolute Gasteiger partial charge is 0.484 e. The SMILES string of the molecule is O=C1CCc2cc(OCC(=O)Nc3ccccc3C(=O)NCC3CCCO3)ccc2N1. The quantitative estimate of drug-likeness (QED) is 0.635. The average molecular weight is 423 g/mol. The van der Waals surface area contributed by atoms with Gasteiger partial charge in [-0.1, -0.05) is 12.1 Å². The number of hydrogen-bond acceptors (Lipinski definition) is 5. The number of amides is 3. The maximum absolute atomic E-state index is 12.6. The minimum Gasteiger partial charge on any atom is -0.484 e. The van der Waals surface area contributed by atoms with Crippen LogP contribution in [0.5, 0.6) is 5.75 Å². The summed E-state index contributed by atoms with van der Waals surface area (Å²) in [5, 5.41) is 8.42. The molecular formula is C23H25N3O5. The zero-order valence-electron chi connectivity index (χ0n) is 17.1. The van der Waals surface area contributed by atoms with Crippen molar-refractivity contribution in [2.24, 2.45) is 0 Å². The number of ether oxygens (including phenoxy) is 2. The molecule has 2 aromatic rings. The summed E-state index contributed by atoms with van der Waals surface area (Å²) in [6.07, 6.45) is 3.06. The van der Waals surface area contributed by atoms with E-state index in [-0.39, 0.29) is 30.4 Å². The molecule has 1 fully saturated rings. The number of nitrogens with one attached hydrogen (secondary N) is 3. The molecule has 162 valence electrons. The van der Waals surface area contributed by atoms with Crippen molar-refractivity contribution >= 4 is 29.1 Å². The molecule has 3 N–H and O–H groups in total. The van der Waals surface area contributed by atoms with Crippen LogP contribution in [0, 0.1) is 0 Å². The molecule has 0 aliphatic carbocycles. The van der Waals surface area contributed by atoms with Gasteiger partial charge in [0.05, 0.1) is 17.4 Å². The van der Waals surface area contributed by atoms with Gasteiger partial charge in [0, 0.05) is 25.3 Å². The highest BCUT2D eigenvalue weighted by atomic mass is 16.5. The maximum atomic E-state index is 12.6. The Balaban J connectivity index is 1.32. The molecule has 2 aliphatic heterocycles. The van der Waals surface area contributed by atoms with Crippen molar-refractivity contribution in [1.29, 1.82) is 0 Å². The summed E-state index contributed by atoms with van der Waals surface area (Å²) in [4.78, 5) is 36.4. The lowest BCUT2D eigenvalue weighted by molar-refractivity contribution is -0.118. The van der Waals surface area contributed by atoms with E-state index in [1.807, 2.05) is 6.07 Å². The van der Waals surface area contributed by atoms with E-state index in [2.05, 4.69) is 16.0 Å². The molecule has 1 saturated heterocycles. The Morgan fingerprint density at radius 1 is 1.16 bits per heavy atom. The van der Waals surface area contributed by atoms with E-state index >= 15 is 0 Å². The summed E-state index contributed by atoms with van der Waals surface area (Å²) in [6.45, 7) is 0.978. The van der Waals surface area contributed by atoms with E-state index in [1.54, 1.807) is 36.4 Å². The number of carbonyl (C=O) groups excluding carboxylic acids is 3. The van der Waals surface area contributed by atoms with Gasteiger partial charge in [-0.15, -0.1) is 0 Å². The van der Waals surface area contributed by atoms with Crippen molar-refractivity contribution in [1.82, 2.24) is 5.32 Å². The van der Waals surface area contributed by atoms with Crippen LogP contribution in [0.15, 0.2) is 42.5 Å². The summed E-state index contributed by atoms with van der Waals surface area (Å²) >= 11 is 0. The van der Waals surface area contributed by atoms with E-state index in [0.29, 0.717) is 36.4 Å². The number of rotatable bonds is 7. The molecule has 0 aromatic heterocycles. The van der Waals surface area contributed by atoms with Crippen LogP contribution in [0.3, 0.4) is 0 Å². The van der Waals surface area contributed by atoms with Crippen molar-refractivity contribution in [3.8, 4) is 5.75 Å². The van der Waals surface area contributed by atoms with Crippen LogP contribution in [0.4, 0.5) is 11.4 Å². The number of fused-ring (bicyclic) bond motifs is 1. The van der Waals surface area contributed by atoms with Gasteiger partial charge in [-0.3, -0.25) is 14.4 Å². The van der Waals surface area contributed by atoms with Gasteiger partial charge >= 0.3 is 0 Å². The molecule has 2 aromatic carbocycles. The molecule has 0 radical (unpaired) electrons. The fraction of sp³-hybridized carbons (Fsp3) is 0.348. The highest BCUT2D eigenvalue weighted by molar-refractivity contribution is 6.04. The van der Waals surface area contributed by atoms with Crippen molar-refractivity contribution in [3.63, 3.8) is 0 Å². The normalized spacial score (nSPS) is 17.4. The number of aryl methyl sites for hydroxylation is 1. The molecule has 0 saturated carbocycles. The lowest BCUT2D eigenvalue weighted by atomic mass is 10.0. The molecule has 31 heavy (non-hydrogen) atoms. The second kappa shape index (κ2) is 9.61. The molecule has 8 nitrogen and oxygen atoms in total. The predicted octanol–water partition coefficient (Wildman–Crippen LogP) is 2.50. The highest BCUT2D eigenvalue weighted by Gasteiger charge is 2.19. The Labute approximate surface area is 180 Å². The third-order valence-electron chi connectivity index (χ3n) is 5.30. The Bertz CT molecular complexity index is 985. The molecule has 0 bridgehead atoms. The summed E-state index contributed by atoms with van der Waals surface area (Å²) in [5.41, 5.74) is 2.56. The second-order valence-corrected chi connectivity index (χ2v) is 7.59. The van der Waals surface area contributed by atoms with Gasteiger partial charge < -0.3 is 25.4 Å². The number of anilines is 2. The number of benzene rings is 2. The zero-order valence-corrected chi connectivity index (χ0v) is 17.1. The van der Waals surface area contributed by atoms with Crippen LogP contribution in [-0.2, 0) is 20.7 Å². The average Bonchev–Trinajstić information content (AvgIpc) is 3.30. The first-order valence-electron chi connectivity index (χ1n) is 10.4. The van der Waals surface area contributed by atoms with Crippen molar-refractivity contribution in [2.45, 2.75) is 31.8 Å². The van der Waals surface area contributed by atoms with Crippen LogP contribution in [-0.4, -0.2) is 43.6 Å². The fourth-order valence-corrected chi connectivity index (χ4v) is 3.68. The monoisotopic (exact) mass is 423 g/mol. The predicted molar refractivity (Wildman–Crippen MR) is 115 cm³/mol. The minimum absolute atomic E-state index is 0.000911. The summed E-state index contributed by atoms with van der Waals surface area (Å²) < 4.78 is 11.1. The van der Waals surface area contributed by atoms with E-state index < -0.39 is 0 Å². The minimum atomic E-state index is -0.370. The zero-order chi connectivity index (χ0) is 21.6. The number of hydrogen-bond donors (Lipinski definition) is 3. The molecule has 2 heterocycles. The first kappa shape index (κ1) is 20.9. The third-order valence-corrected chi connectivity index (χ3v) is 5.30. The fourth-order valence-electron chi connectivity index (χ4n) is 3.68. The Hall–Kier alpha value is -3.39. The lowest BCUT2D eigenvalue weighted by Gasteiger charge is -2.17. The van der Waals surface area contributed by atoms with E-state index in [0.717, 1.165) is 30.7 Å². The second-order valence-electron chi connectivity index (χ2n) is 7.59. The third kappa shape index (κ3) is 5.40. The number of para-hydroxylation sites is 1. The molecular weight excluding hydrogens is 398 g/mol. The number of carbonyl (C=O) groups is 3. The summed E-state index contributed by atoms with van der Waals surface area (Å²) in [5.74, 6) is -0.0823. The van der Waals surface area contributed by atoms with Crippen LogP contribution in [0.2, 0.25) is 0 Å². The standard InChI is InChI=1S/C23H25N3O5/c27-21-10-7-15-12-16(8-9-19(15)25-21)31-14-22(28)26-20-6-2-1-5-18(20)23(29)24-13-17-4-3-11-30-17/h1-2,5-6,8-9,12,17H,3-4,7,10-11,13-14H2,(H,24,29)(H,25,27)(H,26,28). The van der Waals surface area contributed by atoms with E-state index in [1.165, 1.54) is 0 Å². The highest BCUT2D eigenvalue weighted by Crippen LogP contribution is 2.26. The molecule has 8 heteroatoms. The van der Waals surface area contributed by atoms with Crippen LogP contribution in [0.25, 0.3) is 0 Å². The van der Waals surface area contributed by atoms with Gasteiger partial charge in [-0.25, -0.2) is 0 Å². The summed E-state index contributed by atoms with van der Waals surface area (Å²) in [7, 11) is 0. The smallest absolute Gasteiger partial charge is 0.262 e. The van der Waals surface area contributed by atoms with Crippen molar-refractivity contribution < 1.29 is 23.9 Å². The van der Waals surface area contributed by atoms with Gasteiger partial charge in [-0.2, -0.15) is 0 Å².